The van der Waals surface area contributed by atoms with Gasteiger partial charge >= 0.3 is 0 Å². The summed E-state index contributed by atoms with van der Waals surface area (Å²) in [4.78, 5) is 0. The summed E-state index contributed by atoms with van der Waals surface area (Å²) in [7, 11) is 0. The van der Waals surface area contributed by atoms with Crippen LogP contribution in [-0.4, -0.2) is 28.8 Å². The molecule has 1 fully saturated rings. The molecule has 0 unspecified atom stereocenters. The van der Waals surface area contributed by atoms with Gasteiger partial charge in [-0.05, 0) is 24.1 Å². The van der Waals surface area contributed by atoms with Crippen LogP contribution in [-0.2, 0) is 0 Å². The predicted molar refractivity (Wildman–Crippen MR) is 47.6 cm³/mol. The molecule has 11 heavy (non-hydrogen) atoms. The Morgan fingerprint density at radius 3 is 2.00 bits per heavy atom. The molecule has 0 aromatic heterocycles. The van der Waals surface area contributed by atoms with Crippen molar-refractivity contribution in [1.82, 2.24) is 0 Å². The zero-order valence-corrected chi connectivity index (χ0v) is 7.31. The zero-order chi connectivity index (χ0) is 8.32. The molecule has 0 aromatic carbocycles. The van der Waals surface area contributed by atoms with Crippen LogP contribution in [0.3, 0.4) is 0 Å². The summed E-state index contributed by atoms with van der Waals surface area (Å²) in [5, 5.41) is 19.6. The number of hydrogen-bond donors (Lipinski definition) is 2. The summed E-state index contributed by atoms with van der Waals surface area (Å²) in [5.41, 5.74) is -0.479. The number of rotatable bonds is 4. The Hall–Kier alpha value is 0.01000. The van der Waals surface area contributed by atoms with Crippen molar-refractivity contribution in [3.8, 4) is 0 Å². The molecular formula is C8H14O2S. The second-order valence-corrected chi connectivity index (χ2v) is 3.53. The van der Waals surface area contributed by atoms with Crippen LogP contribution in [0.2, 0.25) is 0 Å². The van der Waals surface area contributed by atoms with Crippen molar-refractivity contribution in [1.29, 1.82) is 0 Å². The Balaban J connectivity index is 2.61. The first-order chi connectivity index (χ1) is 5.29. The van der Waals surface area contributed by atoms with Gasteiger partial charge in [-0.25, -0.2) is 0 Å². The van der Waals surface area contributed by atoms with Gasteiger partial charge in [-0.2, -0.15) is 0 Å². The third-order valence-corrected chi connectivity index (χ3v) is 3.21. The second-order valence-electron chi connectivity index (χ2n) is 3.30. The van der Waals surface area contributed by atoms with E-state index in [1.165, 1.54) is 11.8 Å². The molecule has 0 aromatic rings. The van der Waals surface area contributed by atoms with E-state index in [1.54, 1.807) is 0 Å². The van der Waals surface area contributed by atoms with Crippen molar-refractivity contribution in [3.05, 3.63) is 0 Å². The van der Waals surface area contributed by atoms with E-state index in [4.69, 9.17) is 22.4 Å². The van der Waals surface area contributed by atoms with Crippen LogP contribution in [0.4, 0.5) is 0 Å². The summed E-state index contributed by atoms with van der Waals surface area (Å²) in [5.74, 6) is 0.412. The Bertz CT molecular complexity index is 139. The summed E-state index contributed by atoms with van der Waals surface area (Å²) < 4.78 is 0. The average Bonchev–Trinajstić information content (AvgIpc) is 1.97. The minimum atomic E-state index is -0.479. The van der Waals surface area contributed by atoms with Crippen molar-refractivity contribution < 1.29 is 10.2 Å². The second kappa shape index (κ2) is 3.61. The minimum Gasteiger partial charge on any atom is -0.395 e. The Kier molecular flexibility index (Phi) is 2.98. The summed E-state index contributed by atoms with van der Waals surface area (Å²) >= 11 is 4.82. The van der Waals surface area contributed by atoms with Gasteiger partial charge in [-0.15, -0.1) is 0 Å². The highest BCUT2D eigenvalue weighted by Gasteiger charge is 2.39. The third kappa shape index (κ3) is 1.45. The SMILES string of the molecule is OCC(C=S)(CO)C1CCC1. The van der Waals surface area contributed by atoms with Gasteiger partial charge in [0.2, 0.25) is 0 Å². The molecule has 0 heterocycles. The van der Waals surface area contributed by atoms with Crippen LogP contribution in [0.25, 0.3) is 0 Å². The lowest BCUT2D eigenvalue weighted by Gasteiger charge is -2.40. The van der Waals surface area contributed by atoms with Crippen LogP contribution in [0.5, 0.6) is 0 Å². The fourth-order valence-electron chi connectivity index (χ4n) is 1.46. The maximum absolute atomic E-state index is 9.05. The van der Waals surface area contributed by atoms with Crippen molar-refractivity contribution in [2.75, 3.05) is 13.2 Å². The smallest absolute Gasteiger partial charge is 0.0555 e. The number of aliphatic hydroxyl groups excluding tert-OH is 2. The van der Waals surface area contributed by atoms with Crippen molar-refractivity contribution in [2.45, 2.75) is 19.3 Å². The van der Waals surface area contributed by atoms with E-state index in [0.29, 0.717) is 5.92 Å². The van der Waals surface area contributed by atoms with Gasteiger partial charge in [0.05, 0.1) is 13.2 Å². The van der Waals surface area contributed by atoms with Crippen LogP contribution < -0.4 is 0 Å². The standard InChI is InChI=1S/C8H14O2S/c9-4-8(5-10,6-11)7-2-1-3-7/h6-7,9-10H,1-5H2. The molecular weight excluding hydrogens is 160 g/mol. The molecule has 0 aliphatic heterocycles. The lowest BCUT2D eigenvalue weighted by Crippen LogP contribution is -2.42. The van der Waals surface area contributed by atoms with E-state index in [9.17, 15) is 0 Å². The van der Waals surface area contributed by atoms with E-state index < -0.39 is 5.41 Å². The molecule has 2 N–H and O–H groups in total. The quantitative estimate of drug-likeness (QED) is 0.618. The van der Waals surface area contributed by atoms with Crippen molar-refractivity contribution in [2.24, 2.45) is 11.3 Å². The fourth-order valence-corrected chi connectivity index (χ4v) is 1.80. The normalized spacial score (nSPS) is 19.5. The Morgan fingerprint density at radius 1 is 1.36 bits per heavy atom. The van der Waals surface area contributed by atoms with Gasteiger partial charge in [0.25, 0.3) is 0 Å². The van der Waals surface area contributed by atoms with Gasteiger partial charge < -0.3 is 10.2 Å². The maximum atomic E-state index is 9.05. The van der Waals surface area contributed by atoms with Crippen LogP contribution in [0.15, 0.2) is 0 Å². The monoisotopic (exact) mass is 174 g/mol. The summed E-state index contributed by atoms with van der Waals surface area (Å²) in [6, 6.07) is 0. The van der Waals surface area contributed by atoms with Gasteiger partial charge in [0.15, 0.2) is 0 Å². The number of aliphatic hydroxyl groups is 2. The highest BCUT2D eigenvalue weighted by atomic mass is 32.1. The van der Waals surface area contributed by atoms with E-state index >= 15 is 0 Å². The lowest BCUT2D eigenvalue weighted by atomic mass is 9.67. The van der Waals surface area contributed by atoms with Crippen molar-refractivity contribution >= 4 is 17.6 Å². The largest absolute Gasteiger partial charge is 0.395 e. The Morgan fingerprint density at radius 2 is 1.91 bits per heavy atom. The van der Waals surface area contributed by atoms with Crippen LogP contribution in [0, 0.1) is 11.3 Å². The minimum absolute atomic E-state index is 0.0162. The maximum Gasteiger partial charge on any atom is 0.0555 e. The van der Waals surface area contributed by atoms with Gasteiger partial charge in [-0.1, -0.05) is 18.6 Å². The van der Waals surface area contributed by atoms with Gasteiger partial charge in [0, 0.05) is 5.41 Å². The molecule has 1 saturated carbocycles. The van der Waals surface area contributed by atoms with E-state index in [2.05, 4.69) is 0 Å². The number of hydrogen-bond acceptors (Lipinski definition) is 3. The topological polar surface area (TPSA) is 40.5 Å². The molecule has 1 rings (SSSR count). The third-order valence-electron chi connectivity index (χ3n) is 2.74. The summed E-state index contributed by atoms with van der Waals surface area (Å²) in [6.07, 6.45) is 3.39. The highest BCUT2D eigenvalue weighted by Crippen LogP contribution is 2.40. The molecule has 0 spiro atoms. The van der Waals surface area contributed by atoms with Crippen LogP contribution in [0.1, 0.15) is 19.3 Å². The first-order valence-electron chi connectivity index (χ1n) is 3.97. The molecule has 2 nitrogen and oxygen atoms in total. The highest BCUT2D eigenvalue weighted by molar-refractivity contribution is 7.79. The average molecular weight is 174 g/mol. The molecule has 1 aliphatic carbocycles. The fraction of sp³-hybridized carbons (Fsp3) is 0.875. The first-order valence-corrected chi connectivity index (χ1v) is 4.44. The van der Waals surface area contributed by atoms with Gasteiger partial charge in [-0.3, -0.25) is 0 Å². The number of thiocarbonyl (C=S) groups is 1. The van der Waals surface area contributed by atoms with Crippen LogP contribution >= 0.6 is 12.2 Å². The zero-order valence-electron chi connectivity index (χ0n) is 6.49. The molecule has 1 aliphatic rings. The van der Waals surface area contributed by atoms with Gasteiger partial charge in [0.1, 0.15) is 0 Å². The molecule has 0 atom stereocenters. The molecule has 3 heteroatoms. The molecule has 64 valence electrons. The summed E-state index contributed by atoms with van der Waals surface area (Å²) in [6.45, 7) is -0.0324. The molecule has 0 amide bonds. The predicted octanol–water partition coefficient (Wildman–Crippen LogP) is 0.757. The molecule has 0 saturated heterocycles. The first kappa shape index (κ1) is 9.10. The molecule has 0 radical (unpaired) electrons. The van der Waals surface area contributed by atoms with E-state index in [-0.39, 0.29) is 13.2 Å². The van der Waals surface area contributed by atoms with E-state index in [1.807, 2.05) is 0 Å². The molecule has 0 bridgehead atoms. The van der Waals surface area contributed by atoms with E-state index in [0.717, 1.165) is 12.8 Å². The Labute approximate surface area is 72.2 Å². The van der Waals surface area contributed by atoms with Crippen molar-refractivity contribution in [3.63, 3.8) is 0 Å². The lowest BCUT2D eigenvalue weighted by molar-refractivity contribution is 0.0312.